The van der Waals surface area contributed by atoms with Crippen molar-refractivity contribution in [3.8, 4) is 0 Å². The topological polar surface area (TPSA) is 24.9 Å². The van der Waals surface area contributed by atoms with Gasteiger partial charge in [0.25, 0.3) is 0 Å². The molecule has 1 aliphatic carbocycles. The van der Waals surface area contributed by atoms with Crippen LogP contribution in [0.4, 0.5) is 0 Å². The van der Waals surface area contributed by atoms with E-state index in [1.54, 1.807) is 11.1 Å². The highest BCUT2D eigenvalue weighted by molar-refractivity contribution is 5.39. The number of hydrogen-bond acceptors (Lipinski definition) is 2. The molecule has 0 bridgehead atoms. The lowest BCUT2D eigenvalue weighted by atomic mass is 10.00. The molecule has 2 heteroatoms. The van der Waals surface area contributed by atoms with Gasteiger partial charge in [0.05, 0.1) is 0 Å². The fraction of sp³-hybridized carbons (Fsp3) is 0.583. The number of rotatable bonds is 0. The number of hydrogen-bond donors (Lipinski definition) is 1. The van der Waals surface area contributed by atoms with Crippen molar-refractivity contribution in [1.82, 2.24) is 10.3 Å². The summed E-state index contributed by atoms with van der Waals surface area (Å²) in [5, 5.41) is 3.42. The molecule has 0 unspecified atom stereocenters. The van der Waals surface area contributed by atoms with Crippen LogP contribution in [0.25, 0.3) is 0 Å². The molecule has 0 spiro atoms. The maximum atomic E-state index is 4.61. The summed E-state index contributed by atoms with van der Waals surface area (Å²) < 4.78 is 0. The first-order valence-electron chi connectivity index (χ1n) is 5.64. The minimum absolute atomic E-state index is 1.02. The second kappa shape index (κ2) is 3.35. The molecule has 2 heterocycles. The molecule has 1 N–H and O–H groups in total. The summed E-state index contributed by atoms with van der Waals surface area (Å²) in [5.74, 6) is 0. The lowest BCUT2D eigenvalue weighted by Gasteiger charge is -2.09. The van der Waals surface area contributed by atoms with Gasteiger partial charge in [0.1, 0.15) is 0 Å². The SMILES string of the molecule is c1nc2c(c3c1CNC3)CCCCC2. The quantitative estimate of drug-likeness (QED) is 0.629. The van der Waals surface area contributed by atoms with E-state index < -0.39 is 0 Å². The van der Waals surface area contributed by atoms with E-state index in [0.717, 1.165) is 13.1 Å². The highest BCUT2D eigenvalue weighted by Gasteiger charge is 2.19. The summed E-state index contributed by atoms with van der Waals surface area (Å²) in [6, 6.07) is 0. The van der Waals surface area contributed by atoms with Crippen molar-refractivity contribution in [2.24, 2.45) is 0 Å². The van der Waals surface area contributed by atoms with Gasteiger partial charge in [0, 0.05) is 25.0 Å². The fourth-order valence-electron chi connectivity index (χ4n) is 2.66. The van der Waals surface area contributed by atoms with Crippen molar-refractivity contribution in [3.05, 3.63) is 28.6 Å². The average Bonchev–Trinajstić information content (AvgIpc) is 2.55. The van der Waals surface area contributed by atoms with Gasteiger partial charge in [0.15, 0.2) is 0 Å². The fourth-order valence-corrected chi connectivity index (χ4v) is 2.66. The van der Waals surface area contributed by atoms with Gasteiger partial charge in [-0.2, -0.15) is 0 Å². The van der Waals surface area contributed by atoms with E-state index in [1.807, 2.05) is 0 Å². The zero-order valence-corrected chi connectivity index (χ0v) is 8.47. The maximum absolute atomic E-state index is 4.61. The number of fused-ring (bicyclic) bond motifs is 3. The molecule has 1 aromatic rings. The van der Waals surface area contributed by atoms with Crippen molar-refractivity contribution in [2.75, 3.05) is 0 Å². The number of aryl methyl sites for hydroxylation is 1. The van der Waals surface area contributed by atoms with E-state index >= 15 is 0 Å². The van der Waals surface area contributed by atoms with Crippen LogP contribution in [0.3, 0.4) is 0 Å². The van der Waals surface area contributed by atoms with Crippen LogP contribution in [0.15, 0.2) is 6.20 Å². The maximum Gasteiger partial charge on any atom is 0.0439 e. The molecule has 2 nitrogen and oxygen atoms in total. The monoisotopic (exact) mass is 188 g/mol. The number of nitrogens with zero attached hydrogens (tertiary/aromatic N) is 1. The van der Waals surface area contributed by atoms with Crippen LogP contribution in [-0.4, -0.2) is 4.98 Å². The molecule has 0 fully saturated rings. The van der Waals surface area contributed by atoms with Gasteiger partial charge in [-0.1, -0.05) is 6.42 Å². The molecule has 14 heavy (non-hydrogen) atoms. The Kier molecular flexibility index (Phi) is 2.02. The Bertz CT molecular complexity index is 358. The van der Waals surface area contributed by atoms with Crippen LogP contribution in [-0.2, 0) is 25.9 Å². The highest BCUT2D eigenvalue weighted by atomic mass is 14.9. The largest absolute Gasteiger partial charge is 0.309 e. The van der Waals surface area contributed by atoms with E-state index in [0.29, 0.717) is 0 Å². The van der Waals surface area contributed by atoms with E-state index in [2.05, 4.69) is 16.5 Å². The van der Waals surface area contributed by atoms with Crippen LogP contribution in [0.2, 0.25) is 0 Å². The first kappa shape index (κ1) is 8.42. The molecule has 1 aromatic heterocycles. The Morgan fingerprint density at radius 3 is 2.93 bits per heavy atom. The first-order chi connectivity index (χ1) is 6.95. The first-order valence-corrected chi connectivity index (χ1v) is 5.64. The van der Waals surface area contributed by atoms with Crippen molar-refractivity contribution >= 4 is 0 Å². The Labute approximate surface area is 84.7 Å². The van der Waals surface area contributed by atoms with Crippen LogP contribution in [0.5, 0.6) is 0 Å². The molecule has 0 saturated carbocycles. The molecule has 0 saturated heterocycles. The minimum Gasteiger partial charge on any atom is -0.309 e. The molecular formula is C12H16N2. The summed E-state index contributed by atoms with van der Waals surface area (Å²) in [5.41, 5.74) is 5.96. The Balaban J connectivity index is 2.11. The second-order valence-electron chi connectivity index (χ2n) is 4.35. The van der Waals surface area contributed by atoms with Crippen molar-refractivity contribution < 1.29 is 0 Å². The summed E-state index contributed by atoms with van der Waals surface area (Å²) in [4.78, 5) is 4.61. The van der Waals surface area contributed by atoms with Crippen LogP contribution in [0.1, 0.15) is 41.6 Å². The third-order valence-corrected chi connectivity index (χ3v) is 3.43. The predicted octanol–water partition coefficient (Wildman–Crippen LogP) is 1.95. The minimum atomic E-state index is 1.02. The highest BCUT2D eigenvalue weighted by Crippen LogP contribution is 2.26. The Morgan fingerprint density at radius 1 is 1.00 bits per heavy atom. The zero-order valence-electron chi connectivity index (χ0n) is 8.47. The second-order valence-corrected chi connectivity index (χ2v) is 4.35. The Hall–Kier alpha value is -0.890. The lowest BCUT2D eigenvalue weighted by Crippen LogP contribution is -2.03. The van der Waals surface area contributed by atoms with Crippen LogP contribution >= 0.6 is 0 Å². The summed E-state index contributed by atoms with van der Waals surface area (Å²) >= 11 is 0. The summed E-state index contributed by atoms with van der Waals surface area (Å²) in [6.45, 7) is 2.09. The van der Waals surface area contributed by atoms with E-state index in [-0.39, 0.29) is 0 Å². The van der Waals surface area contributed by atoms with Crippen molar-refractivity contribution in [3.63, 3.8) is 0 Å². The summed E-state index contributed by atoms with van der Waals surface area (Å²) in [7, 11) is 0. The zero-order chi connectivity index (χ0) is 9.38. The smallest absolute Gasteiger partial charge is 0.0439 e. The molecule has 0 aromatic carbocycles. The average molecular weight is 188 g/mol. The lowest BCUT2D eigenvalue weighted by molar-refractivity contribution is 0.706. The van der Waals surface area contributed by atoms with Gasteiger partial charge in [-0.05, 0) is 42.4 Å². The van der Waals surface area contributed by atoms with Gasteiger partial charge in [-0.15, -0.1) is 0 Å². The van der Waals surface area contributed by atoms with Gasteiger partial charge in [0.2, 0.25) is 0 Å². The predicted molar refractivity (Wildman–Crippen MR) is 56.0 cm³/mol. The molecule has 74 valence electrons. The number of aromatic nitrogens is 1. The standard InChI is InChI=1S/C12H16N2/c1-2-4-10-11-8-13-6-9(11)7-14-12(10)5-3-1/h7,13H,1-6,8H2. The molecule has 3 rings (SSSR count). The van der Waals surface area contributed by atoms with Crippen LogP contribution < -0.4 is 5.32 Å². The molecule has 0 atom stereocenters. The van der Waals surface area contributed by atoms with Crippen molar-refractivity contribution in [2.45, 2.75) is 45.2 Å². The van der Waals surface area contributed by atoms with Gasteiger partial charge < -0.3 is 5.32 Å². The van der Waals surface area contributed by atoms with Gasteiger partial charge >= 0.3 is 0 Å². The van der Waals surface area contributed by atoms with E-state index in [4.69, 9.17) is 0 Å². The molecular weight excluding hydrogens is 172 g/mol. The van der Waals surface area contributed by atoms with Gasteiger partial charge in [-0.3, -0.25) is 4.98 Å². The van der Waals surface area contributed by atoms with Gasteiger partial charge in [-0.25, -0.2) is 0 Å². The molecule has 0 radical (unpaired) electrons. The third kappa shape index (κ3) is 1.25. The summed E-state index contributed by atoms with van der Waals surface area (Å²) in [6.07, 6.45) is 8.59. The van der Waals surface area contributed by atoms with E-state index in [9.17, 15) is 0 Å². The van der Waals surface area contributed by atoms with Crippen molar-refractivity contribution in [1.29, 1.82) is 0 Å². The third-order valence-electron chi connectivity index (χ3n) is 3.43. The van der Waals surface area contributed by atoms with Crippen LogP contribution in [0, 0.1) is 0 Å². The Morgan fingerprint density at radius 2 is 1.93 bits per heavy atom. The van der Waals surface area contributed by atoms with E-state index in [1.165, 1.54) is 43.4 Å². The number of pyridine rings is 1. The molecule has 0 amide bonds. The molecule has 1 aliphatic heterocycles. The normalized spacial score (nSPS) is 20.0. The molecule has 2 aliphatic rings. The number of nitrogens with one attached hydrogen (secondary N) is 1.